The number of hydrogen-bond acceptors (Lipinski definition) is 3. The van der Waals surface area contributed by atoms with Crippen molar-refractivity contribution >= 4 is 23.4 Å². The first-order valence-electron chi connectivity index (χ1n) is 5.76. The molecule has 0 unspecified atom stereocenters. The summed E-state index contributed by atoms with van der Waals surface area (Å²) in [7, 11) is 0. The van der Waals surface area contributed by atoms with Gasteiger partial charge < -0.3 is 10.2 Å². The van der Waals surface area contributed by atoms with E-state index >= 15 is 0 Å². The van der Waals surface area contributed by atoms with Crippen molar-refractivity contribution in [2.45, 2.75) is 13.8 Å². The molecule has 0 saturated carbocycles. The van der Waals surface area contributed by atoms with Crippen molar-refractivity contribution in [3.05, 3.63) is 29.0 Å². The van der Waals surface area contributed by atoms with E-state index in [0.717, 1.165) is 0 Å². The van der Waals surface area contributed by atoms with Gasteiger partial charge in [-0.1, -0.05) is 11.6 Å². The van der Waals surface area contributed by atoms with Gasteiger partial charge in [-0.3, -0.25) is 9.59 Å². The Hall–Kier alpha value is -1.62. The van der Waals surface area contributed by atoms with Gasteiger partial charge in [0.25, 0.3) is 5.91 Å². The van der Waals surface area contributed by atoms with E-state index < -0.39 is 0 Å². The largest absolute Gasteiger partial charge is 0.343 e. The summed E-state index contributed by atoms with van der Waals surface area (Å²) in [6.45, 7) is 5.04. The molecule has 98 valence electrons. The van der Waals surface area contributed by atoms with E-state index in [1.165, 1.54) is 12.3 Å². The number of nitrogens with zero attached hydrogens (tertiary/aromatic N) is 2. The van der Waals surface area contributed by atoms with Gasteiger partial charge in [0.1, 0.15) is 5.15 Å². The number of halogens is 1. The van der Waals surface area contributed by atoms with Gasteiger partial charge in [0.15, 0.2) is 0 Å². The molecule has 6 heteroatoms. The fraction of sp³-hybridized carbons (Fsp3) is 0.417. The summed E-state index contributed by atoms with van der Waals surface area (Å²) < 4.78 is 0. The van der Waals surface area contributed by atoms with Gasteiger partial charge in [-0.15, -0.1) is 0 Å². The molecule has 0 spiro atoms. The maximum absolute atomic E-state index is 11.7. The van der Waals surface area contributed by atoms with Crippen molar-refractivity contribution in [1.82, 2.24) is 15.2 Å². The van der Waals surface area contributed by atoms with E-state index in [4.69, 9.17) is 11.6 Å². The lowest BCUT2D eigenvalue weighted by Crippen LogP contribution is -2.40. The highest BCUT2D eigenvalue weighted by molar-refractivity contribution is 6.29. The number of likely N-dealkylation sites (N-methyl/N-ethyl adjacent to an activating group) is 1. The smallest absolute Gasteiger partial charge is 0.253 e. The van der Waals surface area contributed by atoms with Crippen molar-refractivity contribution in [2.24, 2.45) is 0 Å². The van der Waals surface area contributed by atoms with E-state index in [2.05, 4.69) is 10.3 Å². The average Bonchev–Trinajstić information content (AvgIpc) is 2.38. The van der Waals surface area contributed by atoms with E-state index in [9.17, 15) is 9.59 Å². The molecule has 1 heterocycles. The molecule has 0 radical (unpaired) electrons. The van der Waals surface area contributed by atoms with Crippen molar-refractivity contribution < 1.29 is 9.59 Å². The predicted molar refractivity (Wildman–Crippen MR) is 69.5 cm³/mol. The van der Waals surface area contributed by atoms with Crippen LogP contribution in [-0.4, -0.2) is 41.3 Å². The van der Waals surface area contributed by atoms with Gasteiger partial charge in [-0.05, 0) is 26.0 Å². The Morgan fingerprint density at radius 2 is 2.00 bits per heavy atom. The number of pyridine rings is 1. The predicted octanol–water partition coefficient (Wildman–Crippen LogP) is 1.33. The molecular formula is C12H16ClN3O2. The van der Waals surface area contributed by atoms with Crippen LogP contribution in [0.2, 0.25) is 5.15 Å². The second-order valence-corrected chi connectivity index (χ2v) is 4.01. The molecule has 0 aliphatic carbocycles. The molecule has 0 bridgehead atoms. The second kappa shape index (κ2) is 6.96. The fourth-order valence-corrected chi connectivity index (χ4v) is 1.57. The molecule has 5 nitrogen and oxygen atoms in total. The van der Waals surface area contributed by atoms with Crippen LogP contribution in [0, 0.1) is 0 Å². The summed E-state index contributed by atoms with van der Waals surface area (Å²) in [5.74, 6) is -0.435. The molecule has 0 aromatic carbocycles. The maximum Gasteiger partial charge on any atom is 0.253 e. The van der Waals surface area contributed by atoms with Gasteiger partial charge in [-0.2, -0.15) is 0 Å². The van der Waals surface area contributed by atoms with Crippen LogP contribution in [-0.2, 0) is 4.79 Å². The summed E-state index contributed by atoms with van der Waals surface area (Å²) in [5, 5.41) is 2.88. The Labute approximate surface area is 111 Å². The molecule has 1 aromatic rings. The van der Waals surface area contributed by atoms with Gasteiger partial charge in [-0.25, -0.2) is 4.98 Å². The minimum atomic E-state index is -0.334. The second-order valence-electron chi connectivity index (χ2n) is 3.62. The minimum Gasteiger partial charge on any atom is -0.343 e. The standard InChI is InChI=1S/C12H16ClN3O2/c1-3-16(4-2)11(17)8-15-12(18)9-5-6-10(13)14-7-9/h5-7H,3-4,8H2,1-2H3,(H,15,18). The number of carbonyl (C=O) groups excluding carboxylic acids is 2. The molecule has 0 fully saturated rings. The van der Waals surface area contributed by atoms with Crippen LogP contribution in [0.15, 0.2) is 18.3 Å². The third-order valence-electron chi connectivity index (χ3n) is 2.51. The molecule has 1 N–H and O–H groups in total. The molecule has 1 rings (SSSR count). The number of amides is 2. The quantitative estimate of drug-likeness (QED) is 0.821. The lowest BCUT2D eigenvalue weighted by Gasteiger charge is -2.18. The molecule has 0 atom stereocenters. The van der Waals surface area contributed by atoms with E-state index in [0.29, 0.717) is 23.8 Å². The lowest BCUT2D eigenvalue weighted by molar-refractivity contribution is -0.129. The molecule has 0 saturated heterocycles. The highest BCUT2D eigenvalue weighted by Gasteiger charge is 2.12. The van der Waals surface area contributed by atoms with Crippen LogP contribution in [0.5, 0.6) is 0 Å². The normalized spacial score (nSPS) is 9.94. The molecular weight excluding hydrogens is 254 g/mol. The van der Waals surface area contributed by atoms with E-state index in [1.54, 1.807) is 11.0 Å². The van der Waals surface area contributed by atoms with E-state index in [-0.39, 0.29) is 18.4 Å². The molecule has 2 amide bonds. The zero-order chi connectivity index (χ0) is 13.5. The Morgan fingerprint density at radius 1 is 1.33 bits per heavy atom. The van der Waals surface area contributed by atoms with Crippen LogP contribution in [0.1, 0.15) is 24.2 Å². The first-order chi connectivity index (χ1) is 8.58. The van der Waals surface area contributed by atoms with Gasteiger partial charge >= 0.3 is 0 Å². The van der Waals surface area contributed by atoms with Crippen LogP contribution >= 0.6 is 11.6 Å². The van der Waals surface area contributed by atoms with Crippen molar-refractivity contribution in [3.8, 4) is 0 Å². The molecule has 1 aromatic heterocycles. The third-order valence-corrected chi connectivity index (χ3v) is 2.73. The van der Waals surface area contributed by atoms with Crippen LogP contribution < -0.4 is 5.32 Å². The first kappa shape index (κ1) is 14.4. The lowest BCUT2D eigenvalue weighted by atomic mass is 10.2. The number of hydrogen-bond donors (Lipinski definition) is 1. The Morgan fingerprint density at radius 3 is 2.50 bits per heavy atom. The van der Waals surface area contributed by atoms with E-state index in [1.807, 2.05) is 13.8 Å². The summed E-state index contributed by atoms with van der Waals surface area (Å²) in [5.41, 5.74) is 0.381. The Bertz CT molecular complexity index is 416. The van der Waals surface area contributed by atoms with Crippen molar-refractivity contribution in [1.29, 1.82) is 0 Å². The molecule has 0 aliphatic rings. The highest BCUT2D eigenvalue weighted by Crippen LogP contribution is 2.04. The van der Waals surface area contributed by atoms with Gasteiger partial charge in [0.2, 0.25) is 5.91 Å². The summed E-state index contributed by atoms with van der Waals surface area (Å²) >= 11 is 5.62. The highest BCUT2D eigenvalue weighted by atomic mass is 35.5. The first-order valence-corrected chi connectivity index (χ1v) is 6.13. The van der Waals surface area contributed by atoms with Crippen molar-refractivity contribution in [3.63, 3.8) is 0 Å². The summed E-state index contributed by atoms with van der Waals surface area (Å²) in [4.78, 5) is 28.8. The van der Waals surface area contributed by atoms with Crippen LogP contribution in [0.4, 0.5) is 0 Å². The summed E-state index contributed by atoms with van der Waals surface area (Å²) in [6.07, 6.45) is 1.37. The number of rotatable bonds is 5. The zero-order valence-corrected chi connectivity index (χ0v) is 11.2. The maximum atomic E-state index is 11.7. The number of aromatic nitrogens is 1. The number of nitrogens with one attached hydrogen (secondary N) is 1. The fourth-order valence-electron chi connectivity index (χ4n) is 1.46. The van der Waals surface area contributed by atoms with Crippen molar-refractivity contribution in [2.75, 3.05) is 19.6 Å². The SMILES string of the molecule is CCN(CC)C(=O)CNC(=O)c1ccc(Cl)nc1. The van der Waals surface area contributed by atoms with Gasteiger partial charge in [0.05, 0.1) is 12.1 Å². The summed E-state index contributed by atoms with van der Waals surface area (Å²) in [6, 6.07) is 3.09. The Balaban J connectivity index is 2.51. The monoisotopic (exact) mass is 269 g/mol. The minimum absolute atomic E-state index is 0.0108. The van der Waals surface area contributed by atoms with Crippen LogP contribution in [0.3, 0.4) is 0 Å². The third kappa shape index (κ3) is 4.00. The topological polar surface area (TPSA) is 62.3 Å². The zero-order valence-electron chi connectivity index (χ0n) is 10.4. The number of carbonyl (C=O) groups is 2. The van der Waals surface area contributed by atoms with Gasteiger partial charge in [0, 0.05) is 19.3 Å². The Kier molecular flexibility index (Phi) is 5.58. The molecule has 0 aliphatic heterocycles. The van der Waals surface area contributed by atoms with Crippen LogP contribution in [0.25, 0.3) is 0 Å². The average molecular weight is 270 g/mol. The molecule has 18 heavy (non-hydrogen) atoms.